The van der Waals surface area contributed by atoms with E-state index in [0.29, 0.717) is 6.42 Å². The van der Waals surface area contributed by atoms with Crippen LogP contribution in [0.3, 0.4) is 0 Å². The summed E-state index contributed by atoms with van der Waals surface area (Å²) in [5.74, 6) is 0. The molecular weight excluding hydrogens is 288 g/mol. The molecule has 9 nitrogen and oxygen atoms in total. The zero-order valence-electron chi connectivity index (χ0n) is 11.4. The van der Waals surface area contributed by atoms with Gasteiger partial charge in [0.15, 0.2) is 6.29 Å². The molecule has 0 aromatic heterocycles. The molecule has 8 unspecified atom stereocenters. The minimum Gasteiger partial charge on any atom is -0.394 e. The molecule has 0 aromatic carbocycles. The van der Waals surface area contributed by atoms with Gasteiger partial charge in [0.05, 0.1) is 19.3 Å². The third kappa shape index (κ3) is 3.52. The monoisotopic (exact) mass is 310 g/mol. The molecule has 124 valence electrons. The smallest absolute Gasteiger partial charge is 0.187 e. The molecule has 2 aliphatic rings. The van der Waals surface area contributed by atoms with Gasteiger partial charge in [-0.3, -0.25) is 0 Å². The molecule has 0 aliphatic carbocycles. The number of aliphatic hydroxyl groups is 6. The molecule has 0 bridgehead atoms. The minimum atomic E-state index is -1.54. The van der Waals surface area contributed by atoms with E-state index < -0.39 is 55.6 Å². The summed E-state index contributed by atoms with van der Waals surface area (Å²) >= 11 is 0. The lowest BCUT2D eigenvalue weighted by atomic mass is 9.98. The van der Waals surface area contributed by atoms with E-state index in [1.54, 1.807) is 0 Å². The molecule has 0 saturated carbocycles. The maximum absolute atomic E-state index is 9.98. The van der Waals surface area contributed by atoms with Crippen molar-refractivity contribution in [1.82, 2.24) is 0 Å². The zero-order chi connectivity index (χ0) is 15.6. The Morgan fingerprint density at radius 3 is 2.14 bits per heavy atom. The maximum Gasteiger partial charge on any atom is 0.187 e. The van der Waals surface area contributed by atoms with Crippen LogP contribution in [-0.2, 0) is 14.2 Å². The molecule has 21 heavy (non-hydrogen) atoms. The van der Waals surface area contributed by atoms with Gasteiger partial charge < -0.3 is 44.8 Å². The van der Waals surface area contributed by atoms with Crippen LogP contribution >= 0.6 is 0 Å². The predicted octanol–water partition coefficient (Wildman–Crippen LogP) is -3.69. The highest BCUT2D eigenvalue weighted by Crippen LogP contribution is 2.26. The summed E-state index contributed by atoms with van der Waals surface area (Å²) in [5.41, 5.74) is 0. The molecule has 0 spiro atoms. The molecule has 0 radical (unpaired) electrons. The van der Waals surface area contributed by atoms with Crippen LogP contribution in [0.4, 0.5) is 0 Å². The van der Waals surface area contributed by atoms with E-state index in [9.17, 15) is 20.4 Å². The number of aliphatic hydroxyl groups excluding tert-OH is 6. The summed E-state index contributed by atoms with van der Waals surface area (Å²) in [5, 5.41) is 57.3. The molecule has 2 fully saturated rings. The van der Waals surface area contributed by atoms with Gasteiger partial charge in [0.25, 0.3) is 0 Å². The number of rotatable bonds is 4. The first kappa shape index (κ1) is 17.0. The molecule has 8 atom stereocenters. The van der Waals surface area contributed by atoms with Crippen molar-refractivity contribution in [3.05, 3.63) is 0 Å². The van der Waals surface area contributed by atoms with E-state index >= 15 is 0 Å². The van der Waals surface area contributed by atoms with Gasteiger partial charge in [0.1, 0.15) is 36.6 Å². The quantitative estimate of drug-likeness (QED) is 0.308. The first-order valence-electron chi connectivity index (χ1n) is 6.86. The van der Waals surface area contributed by atoms with Gasteiger partial charge in [-0.1, -0.05) is 0 Å². The molecule has 0 amide bonds. The minimum absolute atomic E-state index is 0.254. The zero-order valence-corrected chi connectivity index (χ0v) is 11.4. The topological polar surface area (TPSA) is 149 Å². The lowest BCUT2D eigenvalue weighted by Gasteiger charge is -2.42. The molecular formula is C12H22O9. The van der Waals surface area contributed by atoms with Crippen molar-refractivity contribution in [3.8, 4) is 0 Å². The van der Waals surface area contributed by atoms with Gasteiger partial charge in [0, 0.05) is 6.61 Å². The highest BCUT2D eigenvalue weighted by molar-refractivity contribution is 4.90. The lowest BCUT2D eigenvalue weighted by molar-refractivity contribution is -0.325. The van der Waals surface area contributed by atoms with Crippen LogP contribution in [0.1, 0.15) is 6.42 Å². The lowest BCUT2D eigenvalue weighted by Crippen LogP contribution is -2.61. The van der Waals surface area contributed by atoms with Crippen LogP contribution in [0.25, 0.3) is 0 Å². The van der Waals surface area contributed by atoms with E-state index in [0.717, 1.165) is 0 Å². The molecule has 0 aromatic rings. The molecule has 6 N–H and O–H groups in total. The van der Waals surface area contributed by atoms with Crippen molar-refractivity contribution in [3.63, 3.8) is 0 Å². The van der Waals surface area contributed by atoms with Crippen molar-refractivity contribution in [2.75, 3.05) is 19.8 Å². The van der Waals surface area contributed by atoms with E-state index in [2.05, 4.69) is 0 Å². The van der Waals surface area contributed by atoms with Crippen LogP contribution in [0, 0.1) is 0 Å². The van der Waals surface area contributed by atoms with Gasteiger partial charge in [-0.25, -0.2) is 0 Å². The first-order chi connectivity index (χ1) is 9.99. The summed E-state index contributed by atoms with van der Waals surface area (Å²) in [6, 6.07) is 0. The normalized spacial score (nSPS) is 48.3. The summed E-state index contributed by atoms with van der Waals surface area (Å²) in [4.78, 5) is 0. The fraction of sp³-hybridized carbons (Fsp3) is 1.00. The van der Waals surface area contributed by atoms with Gasteiger partial charge in [0.2, 0.25) is 0 Å². The number of hydrogen-bond acceptors (Lipinski definition) is 9. The van der Waals surface area contributed by atoms with Crippen LogP contribution < -0.4 is 0 Å². The molecule has 2 heterocycles. The van der Waals surface area contributed by atoms with Crippen LogP contribution in [-0.4, -0.2) is 99.5 Å². The van der Waals surface area contributed by atoms with Crippen molar-refractivity contribution in [2.24, 2.45) is 0 Å². The van der Waals surface area contributed by atoms with Crippen LogP contribution in [0.2, 0.25) is 0 Å². The van der Waals surface area contributed by atoms with Crippen molar-refractivity contribution in [2.45, 2.75) is 55.4 Å². The Balaban J connectivity index is 2.00. The largest absolute Gasteiger partial charge is 0.394 e. The van der Waals surface area contributed by atoms with Crippen LogP contribution in [0.5, 0.6) is 0 Å². The highest BCUT2D eigenvalue weighted by atomic mass is 16.7. The summed E-state index contributed by atoms with van der Waals surface area (Å²) in [7, 11) is 0. The fourth-order valence-corrected chi connectivity index (χ4v) is 2.51. The Kier molecular flexibility index (Phi) is 5.88. The Bertz CT molecular complexity index is 326. The predicted molar refractivity (Wildman–Crippen MR) is 66.1 cm³/mol. The van der Waals surface area contributed by atoms with Crippen molar-refractivity contribution < 1.29 is 44.8 Å². The van der Waals surface area contributed by atoms with E-state index in [4.69, 9.17) is 24.4 Å². The summed E-state index contributed by atoms with van der Waals surface area (Å²) in [6.07, 6.45) is -9.27. The second kappa shape index (κ2) is 7.27. The number of ether oxygens (including phenoxy) is 3. The Labute approximate surface area is 121 Å². The van der Waals surface area contributed by atoms with Crippen molar-refractivity contribution >= 4 is 0 Å². The number of hydrogen-bond donors (Lipinski definition) is 6. The summed E-state index contributed by atoms with van der Waals surface area (Å²) in [6.45, 7) is -0.680. The average molecular weight is 310 g/mol. The third-order valence-corrected chi connectivity index (χ3v) is 3.83. The first-order valence-corrected chi connectivity index (χ1v) is 6.86. The molecule has 2 rings (SSSR count). The van der Waals surface area contributed by atoms with E-state index in [1.807, 2.05) is 0 Å². The van der Waals surface area contributed by atoms with Crippen LogP contribution in [0.15, 0.2) is 0 Å². The Hall–Kier alpha value is -0.360. The highest BCUT2D eigenvalue weighted by Gasteiger charge is 2.46. The SMILES string of the molecule is OCC1OCCC(OC2OC(CO)C(O)C(O)C2O)C1O. The van der Waals surface area contributed by atoms with Crippen molar-refractivity contribution in [1.29, 1.82) is 0 Å². The Morgan fingerprint density at radius 1 is 0.857 bits per heavy atom. The van der Waals surface area contributed by atoms with E-state index in [-0.39, 0.29) is 13.2 Å². The maximum atomic E-state index is 9.98. The third-order valence-electron chi connectivity index (χ3n) is 3.83. The van der Waals surface area contributed by atoms with Gasteiger partial charge in [-0.05, 0) is 6.42 Å². The van der Waals surface area contributed by atoms with E-state index in [1.165, 1.54) is 0 Å². The van der Waals surface area contributed by atoms with Gasteiger partial charge in [-0.2, -0.15) is 0 Å². The average Bonchev–Trinajstić information content (AvgIpc) is 2.49. The molecule has 2 saturated heterocycles. The van der Waals surface area contributed by atoms with Gasteiger partial charge >= 0.3 is 0 Å². The Morgan fingerprint density at radius 2 is 1.52 bits per heavy atom. The summed E-state index contributed by atoms with van der Waals surface area (Å²) < 4.78 is 15.8. The molecule has 9 heteroatoms. The standard InChI is InChI=1S/C12H22O9/c13-3-6-8(15)5(1-2-19-6)20-12-11(18)10(17)9(16)7(4-14)21-12/h5-18H,1-4H2. The fourth-order valence-electron chi connectivity index (χ4n) is 2.51. The molecule has 2 aliphatic heterocycles. The van der Waals surface area contributed by atoms with Gasteiger partial charge in [-0.15, -0.1) is 0 Å². The second-order valence-corrected chi connectivity index (χ2v) is 5.24. The second-order valence-electron chi connectivity index (χ2n) is 5.24.